The second-order valence-corrected chi connectivity index (χ2v) is 4.03. The number of hydrogen-bond acceptors (Lipinski definition) is 4. The molecule has 0 spiro atoms. The number of hydrogen-bond donors (Lipinski definition) is 2. The quantitative estimate of drug-likeness (QED) is 0.819. The summed E-state index contributed by atoms with van der Waals surface area (Å²) in [5, 5.41) is 16.8. The Labute approximate surface area is 129 Å². The summed E-state index contributed by atoms with van der Waals surface area (Å²) in [6, 6.07) is 18.6. The second-order valence-electron chi connectivity index (χ2n) is 4.03. The van der Waals surface area contributed by atoms with E-state index in [-0.39, 0.29) is 11.0 Å². The Bertz CT molecular complexity index is 553. The molecule has 0 fully saturated rings. The molecule has 0 radical (unpaired) electrons. The third-order valence-electron chi connectivity index (χ3n) is 2.64. The van der Waals surface area contributed by atoms with Crippen LogP contribution in [0.25, 0.3) is 0 Å². The van der Waals surface area contributed by atoms with Crippen LogP contribution in [0.2, 0.25) is 0 Å². The highest BCUT2D eigenvalue weighted by Crippen LogP contribution is 2.01. The van der Waals surface area contributed by atoms with Crippen molar-refractivity contribution >= 4 is 0 Å². The van der Waals surface area contributed by atoms with Gasteiger partial charge in [0.1, 0.15) is 0 Å². The van der Waals surface area contributed by atoms with Gasteiger partial charge in [0.25, 0.3) is 0 Å². The lowest BCUT2D eigenvalue weighted by Crippen LogP contribution is -1.94. The van der Waals surface area contributed by atoms with Crippen LogP contribution >= 0.6 is 0 Å². The maximum atomic E-state index is 8.42. The van der Waals surface area contributed by atoms with Gasteiger partial charge in [0.15, 0.2) is 0 Å². The molecule has 2 aromatic carbocycles. The molecule has 0 amide bonds. The standard InChI is InChI=1S/2C8H8N2.2H2O/c2*9-5-7-1-2-8(6-10)4-3-7;;/h2*1-4H,5,9H2;2*1H2. The van der Waals surface area contributed by atoms with Gasteiger partial charge in [0, 0.05) is 13.1 Å². The van der Waals surface area contributed by atoms with Gasteiger partial charge in [-0.3, -0.25) is 0 Å². The van der Waals surface area contributed by atoms with Crippen molar-refractivity contribution in [2.24, 2.45) is 11.5 Å². The zero-order chi connectivity index (χ0) is 14.8. The van der Waals surface area contributed by atoms with E-state index in [4.69, 9.17) is 22.0 Å². The van der Waals surface area contributed by atoms with E-state index in [1.807, 2.05) is 36.4 Å². The maximum absolute atomic E-state index is 8.42. The molecule has 0 unspecified atom stereocenters. The topological polar surface area (TPSA) is 163 Å². The molecule has 0 atom stereocenters. The van der Waals surface area contributed by atoms with Gasteiger partial charge in [-0.25, -0.2) is 0 Å². The van der Waals surface area contributed by atoms with Gasteiger partial charge in [-0.15, -0.1) is 0 Å². The maximum Gasteiger partial charge on any atom is 0.0991 e. The SMILES string of the molecule is N#Cc1ccc(CN)cc1.N#Cc1ccc(CN)cc1.O.O. The van der Waals surface area contributed by atoms with Gasteiger partial charge >= 0.3 is 0 Å². The van der Waals surface area contributed by atoms with Gasteiger partial charge in [0.2, 0.25) is 0 Å². The number of nitrogens with zero attached hydrogens (tertiary/aromatic N) is 2. The zero-order valence-electron chi connectivity index (χ0n) is 12.1. The molecule has 22 heavy (non-hydrogen) atoms. The summed E-state index contributed by atoms with van der Waals surface area (Å²) in [4.78, 5) is 0. The highest BCUT2D eigenvalue weighted by atomic mass is 16.0. The summed E-state index contributed by atoms with van der Waals surface area (Å²) in [5.41, 5.74) is 14.2. The zero-order valence-corrected chi connectivity index (χ0v) is 12.1. The van der Waals surface area contributed by atoms with Crippen molar-refractivity contribution in [3.05, 3.63) is 70.8 Å². The Balaban J connectivity index is 0. The first-order chi connectivity index (χ1) is 9.73. The van der Waals surface area contributed by atoms with Crippen LogP contribution in [0.1, 0.15) is 22.3 Å². The number of rotatable bonds is 2. The van der Waals surface area contributed by atoms with E-state index in [1.54, 1.807) is 24.3 Å². The van der Waals surface area contributed by atoms with E-state index in [1.165, 1.54) is 0 Å². The Hall–Kier alpha value is -2.74. The molecule has 2 aromatic rings. The Kier molecular flexibility index (Phi) is 11.8. The monoisotopic (exact) mass is 300 g/mol. The number of nitriles is 2. The fourth-order valence-corrected chi connectivity index (χ4v) is 1.43. The van der Waals surface area contributed by atoms with Crippen LogP contribution in [0, 0.1) is 22.7 Å². The number of nitrogens with two attached hydrogens (primary N) is 2. The lowest BCUT2D eigenvalue weighted by molar-refractivity contribution is 0.823. The molecule has 0 aliphatic rings. The molecule has 0 saturated heterocycles. The van der Waals surface area contributed by atoms with E-state index >= 15 is 0 Å². The van der Waals surface area contributed by atoms with Crippen molar-refractivity contribution in [2.75, 3.05) is 0 Å². The molecular formula is C16H20N4O2. The summed E-state index contributed by atoms with van der Waals surface area (Å²) in [5.74, 6) is 0. The van der Waals surface area contributed by atoms with Gasteiger partial charge in [-0.1, -0.05) is 24.3 Å². The first-order valence-corrected chi connectivity index (χ1v) is 6.11. The third-order valence-corrected chi connectivity index (χ3v) is 2.64. The lowest BCUT2D eigenvalue weighted by Gasteiger charge is -1.93. The summed E-state index contributed by atoms with van der Waals surface area (Å²) in [6.45, 7) is 1.07. The average Bonchev–Trinajstić information content (AvgIpc) is 2.55. The minimum absolute atomic E-state index is 0. The molecule has 0 aromatic heterocycles. The van der Waals surface area contributed by atoms with Gasteiger partial charge < -0.3 is 22.4 Å². The third kappa shape index (κ3) is 7.15. The van der Waals surface area contributed by atoms with Crippen LogP contribution < -0.4 is 11.5 Å². The van der Waals surface area contributed by atoms with Crippen LogP contribution in [0.5, 0.6) is 0 Å². The van der Waals surface area contributed by atoms with Crippen molar-refractivity contribution < 1.29 is 11.0 Å². The van der Waals surface area contributed by atoms with Crippen LogP contribution in [-0.2, 0) is 13.1 Å². The van der Waals surface area contributed by atoms with E-state index in [0.29, 0.717) is 24.2 Å². The Morgan fingerprint density at radius 1 is 0.636 bits per heavy atom. The van der Waals surface area contributed by atoms with E-state index < -0.39 is 0 Å². The summed E-state index contributed by atoms with van der Waals surface area (Å²) < 4.78 is 0. The molecule has 2 rings (SSSR count). The van der Waals surface area contributed by atoms with E-state index in [0.717, 1.165) is 11.1 Å². The summed E-state index contributed by atoms with van der Waals surface area (Å²) in [7, 11) is 0. The Morgan fingerprint density at radius 2 is 0.909 bits per heavy atom. The average molecular weight is 300 g/mol. The molecule has 116 valence electrons. The minimum Gasteiger partial charge on any atom is -0.412 e. The molecule has 0 aliphatic heterocycles. The molecular weight excluding hydrogens is 280 g/mol. The van der Waals surface area contributed by atoms with Crippen molar-refractivity contribution in [1.82, 2.24) is 0 Å². The van der Waals surface area contributed by atoms with E-state index in [2.05, 4.69) is 0 Å². The van der Waals surface area contributed by atoms with Crippen LogP contribution in [-0.4, -0.2) is 11.0 Å². The Morgan fingerprint density at radius 3 is 1.09 bits per heavy atom. The van der Waals surface area contributed by atoms with Crippen molar-refractivity contribution in [3.63, 3.8) is 0 Å². The normalized spacial score (nSPS) is 8.00. The molecule has 6 heteroatoms. The second kappa shape index (κ2) is 12.0. The van der Waals surface area contributed by atoms with Crippen molar-refractivity contribution in [1.29, 1.82) is 10.5 Å². The van der Waals surface area contributed by atoms with Gasteiger partial charge in [-0.05, 0) is 35.4 Å². The van der Waals surface area contributed by atoms with Crippen LogP contribution in [0.4, 0.5) is 0 Å². The molecule has 8 N–H and O–H groups in total. The molecule has 6 nitrogen and oxygen atoms in total. The number of benzene rings is 2. The first-order valence-electron chi connectivity index (χ1n) is 6.11. The fourth-order valence-electron chi connectivity index (χ4n) is 1.43. The van der Waals surface area contributed by atoms with Gasteiger partial charge in [0.05, 0.1) is 23.3 Å². The lowest BCUT2D eigenvalue weighted by atomic mass is 10.1. The van der Waals surface area contributed by atoms with Gasteiger partial charge in [-0.2, -0.15) is 10.5 Å². The van der Waals surface area contributed by atoms with Crippen LogP contribution in [0.3, 0.4) is 0 Å². The fraction of sp³-hybridized carbons (Fsp3) is 0.125. The predicted octanol–water partition coefficient (Wildman–Crippen LogP) is 0.385. The van der Waals surface area contributed by atoms with Crippen molar-refractivity contribution in [3.8, 4) is 12.1 Å². The highest BCUT2D eigenvalue weighted by Gasteiger charge is 1.89. The minimum atomic E-state index is 0. The summed E-state index contributed by atoms with van der Waals surface area (Å²) in [6.07, 6.45) is 0. The molecule has 0 saturated carbocycles. The first kappa shape index (κ1) is 21.6. The largest absolute Gasteiger partial charge is 0.412 e. The van der Waals surface area contributed by atoms with E-state index in [9.17, 15) is 0 Å². The van der Waals surface area contributed by atoms with Crippen LogP contribution in [0.15, 0.2) is 48.5 Å². The predicted molar refractivity (Wildman–Crippen MR) is 85.3 cm³/mol. The molecule has 0 heterocycles. The smallest absolute Gasteiger partial charge is 0.0991 e. The molecule has 0 bridgehead atoms. The highest BCUT2D eigenvalue weighted by molar-refractivity contribution is 5.32. The molecule has 0 aliphatic carbocycles. The van der Waals surface area contributed by atoms with Crippen molar-refractivity contribution in [2.45, 2.75) is 13.1 Å². The summed E-state index contributed by atoms with van der Waals surface area (Å²) >= 11 is 0.